The maximum atomic E-state index is 12.9. The zero-order valence-electron chi connectivity index (χ0n) is 18.9. The Morgan fingerprint density at radius 3 is 2.27 bits per heavy atom. The first kappa shape index (κ1) is 22.6. The van der Waals surface area contributed by atoms with Gasteiger partial charge in [-0.2, -0.15) is 0 Å². The lowest BCUT2D eigenvalue weighted by atomic mass is 9.86. The van der Waals surface area contributed by atoms with Crippen LogP contribution in [0.2, 0.25) is 0 Å². The SMILES string of the molecule is CC(Oc1ccccc1C(C)C)C(=O)N1CCN(C(=O)CCC2CCCCC2)CC1. The van der Waals surface area contributed by atoms with Crippen molar-refractivity contribution >= 4 is 11.8 Å². The highest BCUT2D eigenvalue weighted by atomic mass is 16.5. The highest BCUT2D eigenvalue weighted by Gasteiger charge is 2.28. The molecular formula is C25H38N2O3. The van der Waals surface area contributed by atoms with Gasteiger partial charge in [0, 0.05) is 32.6 Å². The minimum Gasteiger partial charge on any atom is -0.481 e. The monoisotopic (exact) mass is 414 g/mol. The Labute approximate surface area is 181 Å². The summed E-state index contributed by atoms with van der Waals surface area (Å²) in [6, 6.07) is 7.92. The summed E-state index contributed by atoms with van der Waals surface area (Å²) < 4.78 is 6.03. The summed E-state index contributed by atoms with van der Waals surface area (Å²) >= 11 is 0. The molecule has 2 aliphatic rings. The van der Waals surface area contributed by atoms with E-state index in [0.29, 0.717) is 38.5 Å². The molecule has 0 N–H and O–H groups in total. The van der Waals surface area contributed by atoms with E-state index >= 15 is 0 Å². The van der Waals surface area contributed by atoms with Gasteiger partial charge in [-0.1, -0.05) is 64.2 Å². The molecule has 1 aliphatic heterocycles. The van der Waals surface area contributed by atoms with Crippen LogP contribution >= 0.6 is 0 Å². The predicted molar refractivity (Wildman–Crippen MR) is 120 cm³/mol. The summed E-state index contributed by atoms with van der Waals surface area (Å²) in [6.07, 6.45) is 7.72. The second kappa shape index (κ2) is 10.8. The Morgan fingerprint density at radius 1 is 0.967 bits per heavy atom. The van der Waals surface area contributed by atoms with Crippen molar-refractivity contribution in [1.82, 2.24) is 9.80 Å². The van der Waals surface area contributed by atoms with Gasteiger partial charge in [0.1, 0.15) is 5.75 Å². The van der Waals surface area contributed by atoms with Crippen molar-refractivity contribution in [3.05, 3.63) is 29.8 Å². The van der Waals surface area contributed by atoms with E-state index in [9.17, 15) is 9.59 Å². The molecule has 1 aromatic carbocycles. The van der Waals surface area contributed by atoms with Crippen molar-refractivity contribution in [3.8, 4) is 5.75 Å². The van der Waals surface area contributed by atoms with Gasteiger partial charge < -0.3 is 14.5 Å². The number of hydrogen-bond donors (Lipinski definition) is 0. The molecule has 1 saturated carbocycles. The van der Waals surface area contributed by atoms with Crippen LogP contribution in [0.4, 0.5) is 0 Å². The summed E-state index contributed by atoms with van der Waals surface area (Å²) in [5.74, 6) is 2.11. The molecule has 0 spiro atoms. The van der Waals surface area contributed by atoms with E-state index in [2.05, 4.69) is 19.9 Å². The average Bonchev–Trinajstić information content (AvgIpc) is 2.78. The van der Waals surface area contributed by atoms with Crippen LogP contribution in [-0.2, 0) is 9.59 Å². The molecule has 1 heterocycles. The number of benzene rings is 1. The quantitative estimate of drug-likeness (QED) is 0.655. The molecule has 2 fully saturated rings. The summed E-state index contributed by atoms with van der Waals surface area (Å²) in [6.45, 7) is 8.51. The Morgan fingerprint density at radius 2 is 1.60 bits per heavy atom. The summed E-state index contributed by atoms with van der Waals surface area (Å²) in [5, 5.41) is 0. The second-order valence-corrected chi connectivity index (χ2v) is 9.20. The van der Waals surface area contributed by atoms with E-state index in [1.165, 1.54) is 32.1 Å². The van der Waals surface area contributed by atoms with Crippen LogP contribution in [0.25, 0.3) is 0 Å². The minimum absolute atomic E-state index is 0.00265. The van der Waals surface area contributed by atoms with Gasteiger partial charge in [-0.05, 0) is 36.8 Å². The first-order valence-corrected chi connectivity index (χ1v) is 11.8. The molecule has 0 aromatic heterocycles. The fraction of sp³-hybridized carbons (Fsp3) is 0.680. The molecule has 30 heavy (non-hydrogen) atoms. The lowest BCUT2D eigenvalue weighted by Gasteiger charge is -2.36. The van der Waals surface area contributed by atoms with Crippen molar-refractivity contribution in [1.29, 1.82) is 0 Å². The highest BCUT2D eigenvalue weighted by molar-refractivity contribution is 5.81. The Bertz CT molecular complexity index is 704. The Balaban J connectivity index is 1.44. The van der Waals surface area contributed by atoms with Crippen molar-refractivity contribution in [2.45, 2.75) is 77.7 Å². The molecule has 1 saturated heterocycles. The Hall–Kier alpha value is -2.04. The highest BCUT2D eigenvalue weighted by Crippen LogP contribution is 2.28. The number of carbonyl (C=O) groups is 2. The fourth-order valence-corrected chi connectivity index (χ4v) is 4.70. The minimum atomic E-state index is -0.529. The van der Waals surface area contributed by atoms with E-state index < -0.39 is 6.10 Å². The molecule has 5 heteroatoms. The van der Waals surface area contributed by atoms with Gasteiger partial charge in [-0.3, -0.25) is 9.59 Å². The molecule has 1 aromatic rings. The van der Waals surface area contributed by atoms with E-state index in [4.69, 9.17) is 4.74 Å². The number of piperazine rings is 1. The maximum Gasteiger partial charge on any atom is 0.263 e. The molecule has 1 atom stereocenters. The van der Waals surface area contributed by atoms with Gasteiger partial charge in [0.05, 0.1) is 0 Å². The van der Waals surface area contributed by atoms with Gasteiger partial charge in [0.15, 0.2) is 6.10 Å². The molecule has 1 aliphatic carbocycles. The molecule has 5 nitrogen and oxygen atoms in total. The second-order valence-electron chi connectivity index (χ2n) is 9.20. The summed E-state index contributed by atoms with van der Waals surface area (Å²) in [5.41, 5.74) is 1.12. The number of amides is 2. The van der Waals surface area contributed by atoms with Crippen LogP contribution in [0.15, 0.2) is 24.3 Å². The van der Waals surface area contributed by atoms with Gasteiger partial charge in [0.25, 0.3) is 5.91 Å². The number of carbonyl (C=O) groups excluding carboxylic acids is 2. The zero-order valence-corrected chi connectivity index (χ0v) is 18.9. The standard InChI is InChI=1S/C25H38N2O3/c1-19(2)22-11-7-8-12-23(22)30-20(3)25(29)27-17-15-26(16-18-27)24(28)14-13-21-9-5-4-6-10-21/h7-8,11-12,19-21H,4-6,9-10,13-18H2,1-3H3. The lowest BCUT2D eigenvalue weighted by molar-refractivity contribution is -0.143. The zero-order chi connectivity index (χ0) is 21.5. The third-order valence-electron chi connectivity index (χ3n) is 6.63. The maximum absolute atomic E-state index is 12.9. The smallest absolute Gasteiger partial charge is 0.263 e. The summed E-state index contributed by atoms with van der Waals surface area (Å²) in [4.78, 5) is 29.3. The van der Waals surface area contributed by atoms with Gasteiger partial charge in [-0.15, -0.1) is 0 Å². The fourth-order valence-electron chi connectivity index (χ4n) is 4.70. The molecule has 0 bridgehead atoms. The molecule has 1 unspecified atom stereocenters. The van der Waals surface area contributed by atoms with Crippen LogP contribution in [0, 0.1) is 5.92 Å². The molecular weight excluding hydrogens is 376 g/mol. The molecule has 2 amide bonds. The molecule has 0 radical (unpaired) electrons. The third kappa shape index (κ3) is 5.99. The number of nitrogens with zero attached hydrogens (tertiary/aromatic N) is 2. The Kier molecular flexibility index (Phi) is 8.17. The van der Waals surface area contributed by atoms with Crippen molar-refractivity contribution in [2.75, 3.05) is 26.2 Å². The summed E-state index contributed by atoms with van der Waals surface area (Å²) in [7, 11) is 0. The van der Waals surface area contributed by atoms with E-state index in [-0.39, 0.29) is 11.8 Å². The van der Waals surface area contributed by atoms with Crippen LogP contribution in [0.5, 0.6) is 5.75 Å². The van der Waals surface area contributed by atoms with Crippen LogP contribution < -0.4 is 4.74 Å². The first-order chi connectivity index (χ1) is 14.5. The largest absolute Gasteiger partial charge is 0.481 e. The molecule has 166 valence electrons. The number of hydrogen-bond acceptors (Lipinski definition) is 3. The number of para-hydroxylation sites is 1. The number of ether oxygens (including phenoxy) is 1. The normalized spacial score (nSPS) is 19.1. The lowest BCUT2D eigenvalue weighted by Crippen LogP contribution is -2.53. The third-order valence-corrected chi connectivity index (χ3v) is 6.63. The van der Waals surface area contributed by atoms with E-state index in [0.717, 1.165) is 23.7 Å². The van der Waals surface area contributed by atoms with Gasteiger partial charge >= 0.3 is 0 Å². The first-order valence-electron chi connectivity index (χ1n) is 11.8. The van der Waals surface area contributed by atoms with Crippen molar-refractivity contribution < 1.29 is 14.3 Å². The molecule has 3 rings (SSSR count). The van der Waals surface area contributed by atoms with Gasteiger partial charge in [-0.25, -0.2) is 0 Å². The van der Waals surface area contributed by atoms with Gasteiger partial charge in [0.2, 0.25) is 5.91 Å². The van der Waals surface area contributed by atoms with E-state index in [1.807, 2.05) is 34.9 Å². The van der Waals surface area contributed by atoms with Crippen LogP contribution in [-0.4, -0.2) is 53.9 Å². The average molecular weight is 415 g/mol. The van der Waals surface area contributed by atoms with E-state index in [1.54, 1.807) is 0 Å². The van der Waals surface area contributed by atoms with Crippen LogP contribution in [0.1, 0.15) is 77.2 Å². The predicted octanol–water partition coefficient (Wildman–Crippen LogP) is 4.61. The van der Waals surface area contributed by atoms with Crippen LogP contribution in [0.3, 0.4) is 0 Å². The topological polar surface area (TPSA) is 49.9 Å². The van der Waals surface area contributed by atoms with Crippen molar-refractivity contribution in [2.24, 2.45) is 5.92 Å². The van der Waals surface area contributed by atoms with Crippen molar-refractivity contribution in [3.63, 3.8) is 0 Å². The number of rotatable bonds is 7.